The molecule has 1 aromatic heterocycles. The Kier molecular flexibility index (Phi) is 1.55. The van der Waals surface area contributed by atoms with Crippen molar-refractivity contribution in [1.29, 1.82) is 0 Å². The van der Waals surface area contributed by atoms with Crippen LogP contribution in [0, 0.1) is 17.0 Å². The second-order valence-electron chi connectivity index (χ2n) is 2.69. The molecule has 0 saturated carbocycles. The van der Waals surface area contributed by atoms with Crippen LogP contribution in [-0.4, -0.2) is 4.92 Å². The predicted molar refractivity (Wildman–Crippen MR) is 47.3 cm³/mol. The molecular weight excluding hydrogens is 170 g/mol. The van der Waals surface area contributed by atoms with Crippen molar-refractivity contribution >= 4 is 16.5 Å². The molecule has 2 rings (SSSR count). The van der Waals surface area contributed by atoms with E-state index in [2.05, 4.69) is 6.92 Å². The van der Waals surface area contributed by atoms with Crippen molar-refractivity contribution in [3.63, 3.8) is 0 Å². The van der Waals surface area contributed by atoms with Crippen LogP contribution in [0.15, 0.2) is 28.9 Å². The number of hydrogen-bond donors (Lipinski definition) is 0. The highest BCUT2D eigenvalue weighted by atomic mass is 16.6. The molecule has 0 aliphatic heterocycles. The van der Waals surface area contributed by atoms with Crippen LogP contribution in [0.3, 0.4) is 0 Å². The Morgan fingerprint density at radius 3 is 2.92 bits per heavy atom. The average molecular weight is 176 g/mol. The monoisotopic (exact) mass is 176 g/mol. The second kappa shape index (κ2) is 2.58. The molecule has 0 amide bonds. The Labute approximate surface area is 73.9 Å². The Hall–Kier alpha value is -1.84. The number of nitrogens with zero attached hydrogens (tertiary/aromatic N) is 1. The van der Waals surface area contributed by atoms with E-state index in [4.69, 9.17) is 4.42 Å². The third kappa shape index (κ3) is 1.16. The first-order chi connectivity index (χ1) is 6.18. The van der Waals surface area contributed by atoms with Crippen LogP contribution >= 0.6 is 0 Å². The van der Waals surface area contributed by atoms with Crippen LogP contribution in [0.1, 0.15) is 5.76 Å². The summed E-state index contributed by atoms with van der Waals surface area (Å²) in [6.45, 7) is 3.65. The molecule has 2 aromatic rings. The summed E-state index contributed by atoms with van der Waals surface area (Å²) in [5.41, 5.74) is 0.0632. The minimum absolute atomic E-state index is 0.0632. The zero-order chi connectivity index (χ0) is 9.42. The van der Waals surface area contributed by atoms with E-state index in [-0.39, 0.29) is 5.69 Å². The summed E-state index contributed by atoms with van der Waals surface area (Å²) in [5.74, 6) is 0.532. The number of nitro benzene ring substituents is 1. The summed E-state index contributed by atoms with van der Waals surface area (Å²) in [6, 6.07) is 4.54. The lowest BCUT2D eigenvalue weighted by atomic mass is 10.2. The van der Waals surface area contributed by atoms with E-state index >= 15 is 0 Å². The fraction of sp³-hybridized carbons (Fsp3) is 0. The third-order valence-electron chi connectivity index (χ3n) is 1.87. The predicted octanol–water partition coefficient (Wildman–Crippen LogP) is 2.52. The summed E-state index contributed by atoms with van der Waals surface area (Å²) < 4.78 is 5.02. The smallest absolute Gasteiger partial charge is 0.270 e. The largest absolute Gasteiger partial charge is 0.468 e. The number of hydrogen-bond acceptors (Lipinski definition) is 3. The molecule has 0 aliphatic carbocycles. The molecule has 1 aromatic carbocycles. The summed E-state index contributed by atoms with van der Waals surface area (Å²) in [4.78, 5) is 9.98. The van der Waals surface area contributed by atoms with Gasteiger partial charge < -0.3 is 4.42 Å². The minimum atomic E-state index is -0.435. The SMILES string of the molecule is [CH2]c1occ2cc([N+](=O)[O-])ccc12. The fourth-order valence-electron chi connectivity index (χ4n) is 1.21. The second-order valence-corrected chi connectivity index (χ2v) is 2.69. The van der Waals surface area contributed by atoms with Crippen molar-refractivity contribution in [2.24, 2.45) is 0 Å². The number of furan rings is 1. The molecule has 65 valence electrons. The van der Waals surface area contributed by atoms with Crippen molar-refractivity contribution in [3.8, 4) is 0 Å². The zero-order valence-corrected chi connectivity index (χ0v) is 6.69. The Balaban J connectivity index is 2.70. The summed E-state index contributed by atoms with van der Waals surface area (Å²) in [5, 5.41) is 11.9. The Morgan fingerprint density at radius 2 is 2.23 bits per heavy atom. The molecule has 13 heavy (non-hydrogen) atoms. The molecule has 0 saturated heterocycles. The highest BCUT2D eigenvalue weighted by molar-refractivity contribution is 5.86. The van der Waals surface area contributed by atoms with E-state index in [1.54, 1.807) is 6.07 Å². The molecule has 0 unspecified atom stereocenters. The fourth-order valence-corrected chi connectivity index (χ4v) is 1.21. The van der Waals surface area contributed by atoms with Gasteiger partial charge in [0.15, 0.2) is 0 Å². The van der Waals surface area contributed by atoms with Gasteiger partial charge in [0.25, 0.3) is 5.69 Å². The van der Waals surface area contributed by atoms with Gasteiger partial charge in [0.05, 0.1) is 11.2 Å². The average Bonchev–Trinajstić information content (AvgIpc) is 2.47. The number of fused-ring (bicyclic) bond motifs is 1. The first-order valence-corrected chi connectivity index (χ1v) is 3.66. The van der Waals surface area contributed by atoms with Gasteiger partial charge in [-0.1, -0.05) is 0 Å². The van der Waals surface area contributed by atoms with Crippen molar-refractivity contribution in [2.45, 2.75) is 0 Å². The van der Waals surface area contributed by atoms with Crippen LogP contribution in [0.25, 0.3) is 10.8 Å². The Bertz CT molecular complexity index is 473. The number of rotatable bonds is 1. The molecule has 1 heterocycles. The van der Waals surface area contributed by atoms with Crippen molar-refractivity contribution < 1.29 is 9.34 Å². The van der Waals surface area contributed by atoms with E-state index in [9.17, 15) is 10.1 Å². The molecule has 0 aliphatic rings. The quantitative estimate of drug-likeness (QED) is 0.495. The summed E-state index contributed by atoms with van der Waals surface area (Å²) >= 11 is 0. The first kappa shape index (κ1) is 7.79. The lowest BCUT2D eigenvalue weighted by Crippen LogP contribution is -1.86. The maximum absolute atomic E-state index is 10.4. The maximum atomic E-state index is 10.4. The van der Waals surface area contributed by atoms with E-state index in [1.807, 2.05) is 0 Å². The van der Waals surface area contributed by atoms with Gasteiger partial charge in [0, 0.05) is 29.8 Å². The molecule has 4 heteroatoms. The van der Waals surface area contributed by atoms with Gasteiger partial charge in [-0.2, -0.15) is 0 Å². The molecule has 4 nitrogen and oxygen atoms in total. The van der Waals surface area contributed by atoms with Crippen molar-refractivity contribution in [3.05, 3.63) is 47.3 Å². The molecule has 0 atom stereocenters. The van der Waals surface area contributed by atoms with Crippen LogP contribution < -0.4 is 0 Å². The van der Waals surface area contributed by atoms with Gasteiger partial charge >= 0.3 is 0 Å². The van der Waals surface area contributed by atoms with Crippen LogP contribution in [0.2, 0.25) is 0 Å². The number of benzene rings is 1. The lowest BCUT2D eigenvalue weighted by molar-refractivity contribution is -0.384. The standard InChI is InChI=1S/C9H6NO3/c1-6-9-3-2-8(10(11)12)4-7(9)5-13-6/h2-5H,1H2. The molecular formula is C9H6NO3. The van der Waals surface area contributed by atoms with Crippen molar-refractivity contribution in [1.82, 2.24) is 0 Å². The minimum Gasteiger partial charge on any atom is -0.468 e. The molecule has 0 fully saturated rings. The molecule has 0 bridgehead atoms. The molecule has 1 radical (unpaired) electrons. The van der Waals surface area contributed by atoms with Gasteiger partial charge in [0.1, 0.15) is 5.76 Å². The van der Waals surface area contributed by atoms with Crippen molar-refractivity contribution in [2.75, 3.05) is 0 Å². The van der Waals surface area contributed by atoms with Crippen LogP contribution in [0.4, 0.5) is 5.69 Å². The van der Waals surface area contributed by atoms with E-state index in [0.717, 1.165) is 5.39 Å². The molecule has 0 N–H and O–H groups in total. The summed E-state index contributed by atoms with van der Waals surface area (Å²) in [7, 11) is 0. The lowest BCUT2D eigenvalue weighted by Gasteiger charge is -1.90. The van der Waals surface area contributed by atoms with Crippen LogP contribution in [0.5, 0.6) is 0 Å². The maximum Gasteiger partial charge on any atom is 0.270 e. The van der Waals surface area contributed by atoms with E-state index < -0.39 is 4.92 Å². The van der Waals surface area contributed by atoms with Gasteiger partial charge in [0.2, 0.25) is 0 Å². The normalized spacial score (nSPS) is 10.5. The third-order valence-corrected chi connectivity index (χ3v) is 1.87. The van der Waals surface area contributed by atoms with E-state index in [1.165, 1.54) is 18.4 Å². The van der Waals surface area contributed by atoms with Crippen LogP contribution in [-0.2, 0) is 0 Å². The topological polar surface area (TPSA) is 56.3 Å². The molecule has 0 spiro atoms. The van der Waals surface area contributed by atoms with Gasteiger partial charge in [-0.15, -0.1) is 0 Å². The number of nitro groups is 1. The highest BCUT2D eigenvalue weighted by Crippen LogP contribution is 2.24. The van der Waals surface area contributed by atoms with E-state index in [0.29, 0.717) is 11.1 Å². The first-order valence-electron chi connectivity index (χ1n) is 3.66. The summed E-state index contributed by atoms with van der Waals surface area (Å²) in [6.07, 6.45) is 1.46. The highest BCUT2D eigenvalue weighted by Gasteiger charge is 2.08. The number of non-ortho nitro benzene ring substituents is 1. The Morgan fingerprint density at radius 1 is 1.46 bits per heavy atom. The zero-order valence-electron chi connectivity index (χ0n) is 6.69. The van der Waals surface area contributed by atoms with Gasteiger partial charge in [-0.3, -0.25) is 10.1 Å². The van der Waals surface area contributed by atoms with Gasteiger partial charge in [-0.25, -0.2) is 0 Å². The van der Waals surface area contributed by atoms with Gasteiger partial charge in [-0.05, 0) is 6.07 Å².